The Kier molecular flexibility index (Phi) is 3.20. The first kappa shape index (κ1) is 12.6. The number of thiazole rings is 1. The van der Waals surface area contributed by atoms with Crippen molar-refractivity contribution in [3.8, 4) is 10.6 Å². The smallest absolute Gasteiger partial charge is 0.123 e. The molecule has 0 unspecified atom stereocenters. The molecule has 0 bridgehead atoms. The Morgan fingerprint density at radius 3 is 2.81 bits per heavy atom. The maximum Gasteiger partial charge on any atom is 0.123 e. The average molecular weight is 296 g/mol. The standard InChI is InChI=1S/C16H16N4S/c1-3-13(4-2-12(1)16-18-7-8-21-16)19-10-15-9-17-11-20(15)14-5-6-14/h1-4,7-9,11,14,19H,5-6,10H2. The molecule has 1 saturated carbocycles. The molecule has 4 rings (SSSR count). The third-order valence-electron chi connectivity index (χ3n) is 3.72. The summed E-state index contributed by atoms with van der Waals surface area (Å²) in [5.74, 6) is 0. The Labute approximate surface area is 127 Å². The molecule has 21 heavy (non-hydrogen) atoms. The van der Waals surface area contributed by atoms with Crippen LogP contribution in [0.25, 0.3) is 10.6 Å². The van der Waals surface area contributed by atoms with Gasteiger partial charge >= 0.3 is 0 Å². The molecule has 2 heterocycles. The van der Waals surface area contributed by atoms with E-state index < -0.39 is 0 Å². The number of imidazole rings is 1. The first-order valence-corrected chi connectivity index (χ1v) is 8.02. The van der Waals surface area contributed by atoms with Crippen molar-refractivity contribution < 1.29 is 0 Å². The van der Waals surface area contributed by atoms with Gasteiger partial charge in [-0.25, -0.2) is 9.97 Å². The third-order valence-corrected chi connectivity index (χ3v) is 4.55. The SMILES string of the molecule is c1csc(-c2ccc(NCc3cncn3C3CC3)cc2)n1. The lowest BCUT2D eigenvalue weighted by molar-refractivity contribution is 0.701. The van der Waals surface area contributed by atoms with Crippen LogP contribution in [0.5, 0.6) is 0 Å². The molecule has 0 aliphatic heterocycles. The molecule has 1 fully saturated rings. The fourth-order valence-corrected chi connectivity index (χ4v) is 3.08. The molecule has 4 nitrogen and oxygen atoms in total. The summed E-state index contributed by atoms with van der Waals surface area (Å²) in [6, 6.07) is 9.11. The van der Waals surface area contributed by atoms with E-state index in [4.69, 9.17) is 0 Å². The molecule has 1 aromatic carbocycles. The molecule has 0 saturated heterocycles. The number of nitrogens with zero attached hydrogens (tertiary/aromatic N) is 3. The van der Waals surface area contributed by atoms with E-state index in [1.807, 2.05) is 24.1 Å². The third kappa shape index (κ3) is 2.69. The van der Waals surface area contributed by atoms with Gasteiger partial charge in [-0.1, -0.05) is 0 Å². The van der Waals surface area contributed by atoms with Gasteiger partial charge in [-0.3, -0.25) is 0 Å². The summed E-state index contributed by atoms with van der Waals surface area (Å²) in [6.07, 6.45) is 8.30. The summed E-state index contributed by atoms with van der Waals surface area (Å²) in [5, 5.41) is 6.53. The van der Waals surface area contributed by atoms with Crippen LogP contribution in [0.4, 0.5) is 5.69 Å². The first-order chi connectivity index (χ1) is 10.4. The van der Waals surface area contributed by atoms with Gasteiger partial charge in [0.1, 0.15) is 5.01 Å². The highest BCUT2D eigenvalue weighted by molar-refractivity contribution is 7.13. The molecule has 0 atom stereocenters. The molecule has 5 heteroatoms. The van der Waals surface area contributed by atoms with E-state index in [2.05, 4.69) is 44.1 Å². The van der Waals surface area contributed by atoms with Crippen molar-refractivity contribution in [2.45, 2.75) is 25.4 Å². The molecule has 2 aromatic heterocycles. The lowest BCUT2D eigenvalue weighted by atomic mass is 10.2. The van der Waals surface area contributed by atoms with Gasteiger partial charge in [0, 0.05) is 35.1 Å². The van der Waals surface area contributed by atoms with Crippen LogP contribution in [0.3, 0.4) is 0 Å². The maximum atomic E-state index is 4.33. The molecular formula is C16H16N4S. The largest absolute Gasteiger partial charge is 0.379 e. The van der Waals surface area contributed by atoms with E-state index in [-0.39, 0.29) is 0 Å². The van der Waals surface area contributed by atoms with Crippen LogP contribution in [-0.2, 0) is 6.54 Å². The number of nitrogens with one attached hydrogen (secondary N) is 1. The van der Waals surface area contributed by atoms with Crippen LogP contribution in [0.2, 0.25) is 0 Å². The van der Waals surface area contributed by atoms with E-state index in [0.29, 0.717) is 6.04 Å². The second-order valence-corrected chi connectivity index (χ2v) is 6.19. The number of benzene rings is 1. The molecule has 106 valence electrons. The summed E-state index contributed by atoms with van der Waals surface area (Å²) in [7, 11) is 0. The molecular weight excluding hydrogens is 280 g/mol. The topological polar surface area (TPSA) is 42.7 Å². The van der Waals surface area contributed by atoms with Crippen molar-refractivity contribution in [3.63, 3.8) is 0 Å². The van der Waals surface area contributed by atoms with Crippen LogP contribution in [-0.4, -0.2) is 14.5 Å². The zero-order valence-electron chi connectivity index (χ0n) is 11.6. The summed E-state index contributed by atoms with van der Waals surface area (Å²) in [5.41, 5.74) is 3.54. The Balaban J connectivity index is 1.44. The highest BCUT2D eigenvalue weighted by Crippen LogP contribution is 2.35. The average Bonchev–Trinajstić information content (AvgIpc) is 3.04. The number of aromatic nitrogens is 3. The molecule has 1 aliphatic rings. The Morgan fingerprint density at radius 2 is 2.10 bits per heavy atom. The van der Waals surface area contributed by atoms with Gasteiger partial charge in [-0.15, -0.1) is 11.3 Å². The first-order valence-electron chi connectivity index (χ1n) is 7.15. The highest BCUT2D eigenvalue weighted by atomic mass is 32.1. The van der Waals surface area contributed by atoms with E-state index in [9.17, 15) is 0 Å². The number of rotatable bonds is 5. The highest BCUT2D eigenvalue weighted by Gasteiger charge is 2.24. The van der Waals surface area contributed by atoms with Crippen LogP contribution in [0.15, 0.2) is 48.4 Å². The predicted octanol–water partition coefficient (Wildman–Crippen LogP) is 3.95. The molecule has 0 radical (unpaired) electrons. The predicted molar refractivity (Wildman–Crippen MR) is 85.4 cm³/mol. The van der Waals surface area contributed by atoms with Gasteiger partial charge < -0.3 is 9.88 Å². The van der Waals surface area contributed by atoms with Gasteiger partial charge in [0.05, 0.1) is 18.6 Å². The van der Waals surface area contributed by atoms with Gasteiger partial charge in [0.25, 0.3) is 0 Å². The van der Waals surface area contributed by atoms with Crippen molar-refractivity contribution >= 4 is 17.0 Å². The van der Waals surface area contributed by atoms with Gasteiger partial charge in [0.2, 0.25) is 0 Å². The molecule has 0 amide bonds. The lowest BCUT2D eigenvalue weighted by Crippen LogP contribution is -2.05. The second kappa shape index (κ2) is 5.33. The number of hydrogen-bond donors (Lipinski definition) is 1. The van der Waals surface area contributed by atoms with Crippen LogP contribution in [0.1, 0.15) is 24.6 Å². The van der Waals surface area contributed by atoms with E-state index in [1.54, 1.807) is 11.3 Å². The van der Waals surface area contributed by atoms with Gasteiger partial charge in [-0.05, 0) is 37.1 Å². The van der Waals surface area contributed by atoms with Crippen LogP contribution >= 0.6 is 11.3 Å². The molecule has 3 aromatic rings. The number of hydrogen-bond acceptors (Lipinski definition) is 4. The fourth-order valence-electron chi connectivity index (χ4n) is 2.44. The van der Waals surface area contributed by atoms with Crippen LogP contribution in [0, 0.1) is 0 Å². The summed E-state index contributed by atoms with van der Waals surface area (Å²) in [6.45, 7) is 0.813. The van der Waals surface area contributed by atoms with Crippen molar-refractivity contribution in [1.29, 1.82) is 0 Å². The Morgan fingerprint density at radius 1 is 1.24 bits per heavy atom. The normalized spacial score (nSPS) is 14.3. The number of anilines is 1. The van der Waals surface area contributed by atoms with Crippen molar-refractivity contribution in [1.82, 2.24) is 14.5 Å². The lowest BCUT2D eigenvalue weighted by Gasteiger charge is -2.09. The van der Waals surface area contributed by atoms with Gasteiger partial charge in [0.15, 0.2) is 0 Å². The van der Waals surface area contributed by atoms with Crippen molar-refractivity contribution in [2.24, 2.45) is 0 Å². The maximum absolute atomic E-state index is 4.33. The quantitative estimate of drug-likeness (QED) is 0.775. The van der Waals surface area contributed by atoms with Crippen molar-refractivity contribution in [2.75, 3.05) is 5.32 Å². The minimum Gasteiger partial charge on any atom is -0.379 e. The summed E-state index contributed by atoms with van der Waals surface area (Å²) >= 11 is 1.66. The molecule has 0 spiro atoms. The fraction of sp³-hybridized carbons (Fsp3) is 0.250. The van der Waals surface area contributed by atoms with Crippen molar-refractivity contribution in [3.05, 3.63) is 54.1 Å². The monoisotopic (exact) mass is 296 g/mol. The van der Waals surface area contributed by atoms with Crippen LogP contribution < -0.4 is 5.32 Å². The minimum absolute atomic E-state index is 0.677. The minimum atomic E-state index is 0.677. The molecule has 1 aliphatic carbocycles. The Hall–Kier alpha value is -2.14. The van der Waals surface area contributed by atoms with E-state index in [0.717, 1.165) is 17.2 Å². The Bertz CT molecular complexity index is 711. The summed E-state index contributed by atoms with van der Waals surface area (Å²) < 4.78 is 2.29. The molecule has 1 N–H and O–H groups in total. The van der Waals surface area contributed by atoms with E-state index in [1.165, 1.54) is 24.1 Å². The zero-order chi connectivity index (χ0) is 14.1. The van der Waals surface area contributed by atoms with E-state index >= 15 is 0 Å². The van der Waals surface area contributed by atoms with Gasteiger partial charge in [-0.2, -0.15) is 0 Å². The zero-order valence-corrected chi connectivity index (χ0v) is 12.4. The second-order valence-electron chi connectivity index (χ2n) is 5.29. The summed E-state index contributed by atoms with van der Waals surface area (Å²) in [4.78, 5) is 8.59.